The van der Waals surface area contributed by atoms with Gasteiger partial charge in [-0.3, -0.25) is 4.79 Å². The van der Waals surface area contributed by atoms with Crippen molar-refractivity contribution in [3.63, 3.8) is 0 Å². The second kappa shape index (κ2) is 13.3. The fourth-order valence-corrected chi connectivity index (χ4v) is 4.57. The molecular weight excluding hydrogens is 483 g/mol. The van der Waals surface area contributed by atoms with E-state index < -0.39 is 22.2 Å². The fraction of sp³-hybridized carbons (Fsp3) is 0.600. The number of benzene rings is 1. The lowest BCUT2D eigenvalue weighted by Crippen LogP contribution is -2.47. The maximum Gasteiger partial charge on any atom is 0.490 e. The van der Waals surface area contributed by atoms with Gasteiger partial charge in [-0.2, -0.15) is 17.5 Å². The van der Waals surface area contributed by atoms with Gasteiger partial charge >= 0.3 is 12.1 Å². The molecule has 1 aliphatic heterocycles. The van der Waals surface area contributed by atoms with Crippen LogP contribution in [0.2, 0.25) is 0 Å². The standard InChI is InChI=1S/C18H29N3O5S.C2HF3O2/c1-4-10-21(11-7-18(22)20-12-8-19-9-13-20)27(23,24)15-5-6-16(25-2)17(14-15)26-3;3-2(4,5)1(6)7/h5-6,14,19H,4,7-13H2,1-3H3;(H,6,7). The summed E-state index contributed by atoms with van der Waals surface area (Å²) in [7, 11) is -0.773. The Hall–Kier alpha value is -2.58. The molecule has 1 aromatic carbocycles. The summed E-state index contributed by atoms with van der Waals surface area (Å²) >= 11 is 0. The number of halogens is 3. The van der Waals surface area contributed by atoms with Gasteiger partial charge in [-0.05, 0) is 18.6 Å². The lowest BCUT2D eigenvalue weighted by Gasteiger charge is -2.28. The molecule has 0 aromatic heterocycles. The molecule has 1 heterocycles. The van der Waals surface area contributed by atoms with Crippen LogP contribution in [0.1, 0.15) is 19.8 Å². The molecule has 0 atom stereocenters. The third-order valence-electron chi connectivity index (χ3n) is 4.75. The number of piperazine rings is 1. The summed E-state index contributed by atoms with van der Waals surface area (Å²) in [6.07, 6.45) is -4.25. The zero-order valence-electron chi connectivity index (χ0n) is 19.2. The van der Waals surface area contributed by atoms with Crippen LogP contribution in [-0.2, 0) is 19.6 Å². The number of aliphatic carboxylic acids is 1. The predicted octanol–water partition coefficient (Wildman–Crippen LogP) is 1.56. The first-order chi connectivity index (χ1) is 15.9. The first-order valence-electron chi connectivity index (χ1n) is 10.4. The summed E-state index contributed by atoms with van der Waals surface area (Å²) in [5.74, 6) is -1.95. The molecule has 0 unspecified atom stereocenters. The van der Waals surface area contributed by atoms with Crippen LogP contribution in [0.3, 0.4) is 0 Å². The monoisotopic (exact) mass is 513 g/mol. The van der Waals surface area contributed by atoms with Crippen LogP contribution in [0.5, 0.6) is 11.5 Å². The molecule has 1 aromatic rings. The Balaban J connectivity index is 0.000000718. The second-order valence-corrected chi connectivity index (χ2v) is 9.04. The van der Waals surface area contributed by atoms with E-state index in [2.05, 4.69) is 5.32 Å². The van der Waals surface area contributed by atoms with Crippen molar-refractivity contribution in [3.05, 3.63) is 18.2 Å². The Morgan fingerprint density at radius 3 is 2.15 bits per heavy atom. The number of nitrogens with zero attached hydrogens (tertiary/aromatic N) is 2. The van der Waals surface area contributed by atoms with Crippen LogP contribution in [0.15, 0.2) is 23.1 Å². The maximum atomic E-state index is 13.1. The van der Waals surface area contributed by atoms with Gasteiger partial charge in [-0.15, -0.1) is 0 Å². The molecule has 0 saturated carbocycles. The number of nitrogens with one attached hydrogen (secondary N) is 1. The average Bonchev–Trinajstić information content (AvgIpc) is 2.81. The number of carbonyl (C=O) groups excluding carboxylic acids is 1. The van der Waals surface area contributed by atoms with Crippen LogP contribution >= 0.6 is 0 Å². The number of sulfonamides is 1. The summed E-state index contributed by atoms with van der Waals surface area (Å²) in [6.45, 7) is 5.29. The number of carboxylic acids is 1. The van der Waals surface area contributed by atoms with Gasteiger partial charge in [0.15, 0.2) is 11.5 Å². The smallest absolute Gasteiger partial charge is 0.490 e. The van der Waals surface area contributed by atoms with Gasteiger partial charge in [0.2, 0.25) is 15.9 Å². The Bertz CT molecular complexity index is 920. The fourth-order valence-electron chi connectivity index (χ4n) is 3.02. The van der Waals surface area contributed by atoms with Gasteiger partial charge in [-0.25, -0.2) is 13.2 Å². The minimum atomic E-state index is -5.08. The first kappa shape index (κ1) is 29.5. The number of hydrogen-bond donors (Lipinski definition) is 2. The Labute approximate surface area is 196 Å². The van der Waals surface area contributed by atoms with E-state index in [4.69, 9.17) is 19.4 Å². The van der Waals surface area contributed by atoms with Crippen molar-refractivity contribution in [2.75, 3.05) is 53.5 Å². The number of carboxylic acid groups (broad SMARTS) is 1. The molecule has 0 radical (unpaired) electrons. The summed E-state index contributed by atoms with van der Waals surface area (Å²) in [4.78, 5) is 23.2. The quantitative estimate of drug-likeness (QED) is 0.510. The molecule has 1 saturated heterocycles. The van der Waals surface area contributed by atoms with Crippen molar-refractivity contribution >= 4 is 21.9 Å². The van der Waals surface area contributed by atoms with Crippen LogP contribution in [0, 0.1) is 0 Å². The van der Waals surface area contributed by atoms with Crippen LogP contribution in [-0.4, -0.2) is 94.3 Å². The summed E-state index contributed by atoms with van der Waals surface area (Å²) < 4.78 is 69.6. The minimum Gasteiger partial charge on any atom is -0.493 e. The minimum absolute atomic E-state index is 0.0138. The lowest BCUT2D eigenvalue weighted by molar-refractivity contribution is -0.192. The molecule has 2 rings (SSSR count). The number of rotatable bonds is 9. The number of amides is 1. The average molecular weight is 514 g/mol. The van der Waals surface area contributed by atoms with Gasteiger partial charge < -0.3 is 24.8 Å². The zero-order chi connectivity index (χ0) is 25.9. The highest BCUT2D eigenvalue weighted by Gasteiger charge is 2.38. The Morgan fingerprint density at radius 1 is 1.12 bits per heavy atom. The van der Waals surface area contributed by atoms with E-state index >= 15 is 0 Å². The molecule has 14 heteroatoms. The summed E-state index contributed by atoms with van der Waals surface area (Å²) in [5.41, 5.74) is 0. The molecular formula is C20H30F3N3O7S. The number of hydrogen-bond acceptors (Lipinski definition) is 7. The summed E-state index contributed by atoms with van der Waals surface area (Å²) in [6, 6.07) is 4.52. The molecule has 0 spiro atoms. The van der Waals surface area contributed by atoms with Crippen molar-refractivity contribution in [1.29, 1.82) is 0 Å². The SMILES string of the molecule is CCCN(CCC(=O)N1CCNCC1)S(=O)(=O)c1ccc(OC)c(OC)c1.O=C(O)C(F)(F)F. The maximum absolute atomic E-state index is 13.1. The van der Waals surface area contributed by atoms with Gasteiger partial charge in [0.05, 0.1) is 19.1 Å². The van der Waals surface area contributed by atoms with E-state index in [1.165, 1.54) is 30.7 Å². The summed E-state index contributed by atoms with van der Waals surface area (Å²) in [5, 5.41) is 10.3. The largest absolute Gasteiger partial charge is 0.493 e. The second-order valence-electron chi connectivity index (χ2n) is 7.10. The third kappa shape index (κ3) is 8.65. The lowest BCUT2D eigenvalue weighted by atomic mass is 10.3. The number of ether oxygens (including phenoxy) is 2. The number of alkyl halides is 3. The third-order valence-corrected chi connectivity index (χ3v) is 6.65. The van der Waals surface area contributed by atoms with Gasteiger partial charge in [0, 0.05) is 51.8 Å². The van der Waals surface area contributed by atoms with E-state index in [0.29, 0.717) is 37.6 Å². The molecule has 0 bridgehead atoms. The topological polar surface area (TPSA) is 125 Å². The van der Waals surface area contributed by atoms with Gasteiger partial charge in [-0.1, -0.05) is 6.92 Å². The normalized spacial score (nSPS) is 14.3. The highest BCUT2D eigenvalue weighted by atomic mass is 32.2. The molecule has 2 N–H and O–H groups in total. The van der Waals surface area contributed by atoms with E-state index in [1.54, 1.807) is 11.0 Å². The Kier molecular flexibility index (Phi) is 11.6. The van der Waals surface area contributed by atoms with E-state index in [0.717, 1.165) is 13.1 Å². The van der Waals surface area contributed by atoms with E-state index in [-0.39, 0.29) is 23.8 Å². The molecule has 1 amide bonds. The van der Waals surface area contributed by atoms with Gasteiger partial charge in [0.25, 0.3) is 0 Å². The molecule has 1 fully saturated rings. The van der Waals surface area contributed by atoms with Gasteiger partial charge in [0.1, 0.15) is 0 Å². The zero-order valence-corrected chi connectivity index (χ0v) is 20.0. The van der Waals surface area contributed by atoms with Crippen molar-refractivity contribution in [1.82, 2.24) is 14.5 Å². The van der Waals surface area contributed by atoms with Crippen molar-refractivity contribution < 1.29 is 45.8 Å². The van der Waals surface area contributed by atoms with Crippen molar-refractivity contribution in [2.24, 2.45) is 0 Å². The molecule has 0 aliphatic carbocycles. The van der Waals surface area contributed by atoms with E-state index in [9.17, 15) is 26.4 Å². The Morgan fingerprint density at radius 2 is 1.68 bits per heavy atom. The highest BCUT2D eigenvalue weighted by Crippen LogP contribution is 2.30. The number of methoxy groups -OCH3 is 2. The van der Waals surface area contributed by atoms with Crippen LogP contribution < -0.4 is 14.8 Å². The predicted molar refractivity (Wildman–Crippen MR) is 116 cm³/mol. The van der Waals surface area contributed by atoms with Crippen LogP contribution in [0.25, 0.3) is 0 Å². The van der Waals surface area contributed by atoms with Crippen molar-refractivity contribution in [3.8, 4) is 11.5 Å². The van der Waals surface area contributed by atoms with E-state index in [1.807, 2.05) is 6.92 Å². The molecule has 194 valence electrons. The first-order valence-corrected chi connectivity index (χ1v) is 11.8. The molecule has 1 aliphatic rings. The molecule has 10 nitrogen and oxygen atoms in total. The number of carbonyl (C=O) groups is 2. The molecule has 34 heavy (non-hydrogen) atoms. The van der Waals surface area contributed by atoms with Crippen molar-refractivity contribution in [2.45, 2.75) is 30.8 Å². The highest BCUT2D eigenvalue weighted by molar-refractivity contribution is 7.89. The van der Waals surface area contributed by atoms with Crippen LogP contribution in [0.4, 0.5) is 13.2 Å².